The van der Waals surface area contributed by atoms with Crippen molar-refractivity contribution in [3.8, 4) is 0 Å². The van der Waals surface area contributed by atoms with E-state index in [1.165, 1.54) is 11.1 Å². The Morgan fingerprint density at radius 2 is 2.18 bits per heavy atom. The van der Waals surface area contributed by atoms with Crippen LogP contribution in [0.2, 0.25) is 0 Å². The number of carbonyl (C=O) groups is 1. The summed E-state index contributed by atoms with van der Waals surface area (Å²) in [6.07, 6.45) is 5.07. The molecule has 3 heteroatoms. The van der Waals surface area contributed by atoms with Gasteiger partial charge in [-0.15, -0.1) is 0 Å². The van der Waals surface area contributed by atoms with Crippen LogP contribution >= 0.6 is 0 Å². The molecule has 1 aliphatic carbocycles. The Bertz CT molecular complexity index is 572. The highest BCUT2D eigenvalue weighted by Gasteiger charge is 2.47. The molecule has 0 saturated carbocycles. The zero-order valence-electron chi connectivity index (χ0n) is 13.3. The SMILES string of the molecule is C=C(C)C(=O)OC1(C2CCOC2)CCCCc2ccccc21. The molecule has 22 heavy (non-hydrogen) atoms. The molecule has 0 spiro atoms. The Balaban J connectivity index is 2.07. The van der Waals surface area contributed by atoms with E-state index < -0.39 is 5.60 Å². The fraction of sp³-hybridized carbons (Fsp3) is 0.526. The Morgan fingerprint density at radius 1 is 1.36 bits per heavy atom. The molecule has 1 aromatic carbocycles. The van der Waals surface area contributed by atoms with E-state index in [9.17, 15) is 4.79 Å². The molecule has 1 aliphatic heterocycles. The van der Waals surface area contributed by atoms with E-state index in [1.54, 1.807) is 6.92 Å². The van der Waals surface area contributed by atoms with Crippen molar-refractivity contribution in [2.75, 3.05) is 13.2 Å². The van der Waals surface area contributed by atoms with Crippen LogP contribution in [0.3, 0.4) is 0 Å². The molecule has 0 radical (unpaired) electrons. The molecular formula is C19H24O3. The van der Waals surface area contributed by atoms with Crippen molar-refractivity contribution in [1.29, 1.82) is 0 Å². The van der Waals surface area contributed by atoms with Gasteiger partial charge in [0.15, 0.2) is 0 Å². The van der Waals surface area contributed by atoms with Gasteiger partial charge in [-0.25, -0.2) is 4.79 Å². The van der Waals surface area contributed by atoms with Crippen LogP contribution in [0.1, 0.15) is 43.7 Å². The van der Waals surface area contributed by atoms with Crippen LogP contribution < -0.4 is 0 Å². The number of hydrogen-bond donors (Lipinski definition) is 0. The lowest BCUT2D eigenvalue weighted by Gasteiger charge is -2.39. The number of fused-ring (bicyclic) bond motifs is 1. The van der Waals surface area contributed by atoms with Crippen molar-refractivity contribution < 1.29 is 14.3 Å². The highest BCUT2D eigenvalue weighted by molar-refractivity contribution is 5.87. The van der Waals surface area contributed by atoms with Crippen molar-refractivity contribution in [1.82, 2.24) is 0 Å². The first kappa shape index (κ1) is 15.3. The lowest BCUT2D eigenvalue weighted by Crippen LogP contribution is -2.41. The summed E-state index contributed by atoms with van der Waals surface area (Å²) in [5.74, 6) is -0.0568. The molecule has 3 nitrogen and oxygen atoms in total. The normalized spacial score (nSPS) is 27.8. The quantitative estimate of drug-likeness (QED) is 0.484. The van der Waals surface area contributed by atoms with Gasteiger partial charge in [-0.1, -0.05) is 30.8 Å². The molecule has 0 bridgehead atoms. The topological polar surface area (TPSA) is 35.5 Å². The van der Waals surface area contributed by atoms with Crippen molar-refractivity contribution in [3.63, 3.8) is 0 Å². The van der Waals surface area contributed by atoms with Crippen LogP contribution in [-0.2, 0) is 26.3 Å². The number of aryl methyl sites for hydroxylation is 1. The van der Waals surface area contributed by atoms with Crippen molar-refractivity contribution in [2.45, 2.75) is 44.6 Å². The summed E-state index contributed by atoms with van der Waals surface area (Å²) >= 11 is 0. The van der Waals surface area contributed by atoms with Crippen LogP contribution in [-0.4, -0.2) is 19.2 Å². The Kier molecular flexibility index (Phi) is 4.34. The number of carbonyl (C=O) groups excluding carboxylic acids is 1. The predicted octanol–water partition coefficient (Wildman–Crippen LogP) is 3.76. The van der Waals surface area contributed by atoms with Gasteiger partial charge in [-0.05, 0) is 50.2 Å². The lowest BCUT2D eigenvalue weighted by molar-refractivity contribution is -0.165. The molecule has 2 aliphatic rings. The molecule has 3 rings (SSSR count). The maximum absolute atomic E-state index is 12.3. The summed E-state index contributed by atoms with van der Waals surface area (Å²) in [6.45, 7) is 6.88. The zero-order chi connectivity index (χ0) is 15.6. The van der Waals surface area contributed by atoms with Crippen molar-refractivity contribution >= 4 is 5.97 Å². The second-order valence-corrected chi connectivity index (χ2v) is 6.48. The summed E-state index contributed by atoms with van der Waals surface area (Å²) in [6, 6.07) is 8.41. The van der Waals surface area contributed by atoms with Gasteiger partial charge in [-0.2, -0.15) is 0 Å². The largest absolute Gasteiger partial charge is 0.450 e. The standard InChI is InChI=1S/C19H24O3/c1-14(2)18(20)22-19(16-10-12-21-13-16)11-6-5-8-15-7-3-4-9-17(15)19/h3-4,7,9,16H,1,5-6,8,10-13H2,2H3. The van der Waals surface area contributed by atoms with Crippen LogP contribution in [0.4, 0.5) is 0 Å². The van der Waals surface area contributed by atoms with Gasteiger partial charge in [0.2, 0.25) is 0 Å². The summed E-state index contributed by atoms with van der Waals surface area (Å²) in [5.41, 5.74) is 2.39. The number of hydrogen-bond acceptors (Lipinski definition) is 3. The van der Waals surface area contributed by atoms with Gasteiger partial charge in [0, 0.05) is 18.1 Å². The average molecular weight is 300 g/mol. The minimum Gasteiger partial charge on any atom is -0.450 e. The Morgan fingerprint density at radius 3 is 2.91 bits per heavy atom. The number of esters is 1. The first-order chi connectivity index (χ1) is 10.6. The number of rotatable bonds is 3. The maximum atomic E-state index is 12.3. The molecule has 1 fully saturated rings. The smallest absolute Gasteiger partial charge is 0.334 e. The molecule has 0 aromatic heterocycles. The summed E-state index contributed by atoms with van der Waals surface area (Å²) in [5, 5.41) is 0. The zero-order valence-corrected chi connectivity index (χ0v) is 13.3. The van der Waals surface area contributed by atoms with E-state index in [2.05, 4.69) is 24.8 Å². The fourth-order valence-electron chi connectivity index (χ4n) is 3.76. The fourth-order valence-corrected chi connectivity index (χ4v) is 3.76. The van der Waals surface area contributed by atoms with Gasteiger partial charge in [0.25, 0.3) is 0 Å². The minimum absolute atomic E-state index is 0.232. The van der Waals surface area contributed by atoms with Crippen molar-refractivity contribution in [3.05, 3.63) is 47.5 Å². The Hall–Kier alpha value is -1.61. The summed E-state index contributed by atoms with van der Waals surface area (Å²) in [7, 11) is 0. The molecular weight excluding hydrogens is 276 g/mol. The van der Waals surface area contributed by atoms with E-state index >= 15 is 0 Å². The van der Waals surface area contributed by atoms with Crippen LogP contribution in [0, 0.1) is 5.92 Å². The average Bonchev–Trinajstić information content (AvgIpc) is 2.99. The van der Waals surface area contributed by atoms with Crippen LogP contribution in [0.5, 0.6) is 0 Å². The third-order valence-corrected chi connectivity index (χ3v) is 4.93. The van der Waals surface area contributed by atoms with E-state index in [0.29, 0.717) is 12.2 Å². The highest BCUT2D eigenvalue weighted by atomic mass is 16.6. The molecule has 1 heterocycles. The molecule has 1 aromatic rings. The van der Waals surface area contributed by atoms with Crippen molar-refractivity contribution in [2.24, 2.45) is 5.92 Å². The van der Waals surface area contributed by atoms with Gasteiger partial charge >= 0.3 is 5.97 Å². The molecule has 0 N–H and O–H groups in total. The number of ether oxygens (including phenoxy) is 2. The van der Waals surface area contributed by atoms with E-state index in [1.807, 2.05) is 6.07 Å². The monoisotopic (exact) mass is 300 g/mol. The highest BCUT2D eigenvalue weighted by Crippen LogP contribution is 2.46. The van der Waals surface area contributed by atoms with Gasteiger partial charge in [0.05, 0.1) is 6.61 Å². The summed E-state index contributed by atoms with van der Waals surface area (Å²) in [4.78, 5) is 12.3. The van der Waals surface area contributed by atoms with Gasteiger partial charge in [0.1, 0.15) is 5.60 Å². The maximum Gasteiger partial charge on any atom is 0.334 e. The van der Waals surface area contributed by atoms with Gasteiger partial charge in [-0.3, -0.25) is 0 Å². The van der Waals surface area contributed by atoms with Crippen LogP contribution in [0.15, 0.2) is 36.4 Å². The minimum atomic E-state index is -0.556. The van der Waals surface area contributed by atoms with E-state index in [4.69, 9.17) is 9.47 Å². The van der Waals surface area contributed by atoms with E-state index in [0.717, 1.165) is 38.7 Å². The first-order valence-corrected chi connectivity index (χ1v) is 8.18. The second kappa shape index (κ2) is 6.25. The Labute approximate surface area is 132 Å². The lowest BCUT2D eigenvalue weighted by atomic mass is 9.76. The molecule has 1 saturated heterocycles. The second-order valence-electron chi connectivity index (χ2n) is 6.48. The predicted molar refractivity (Wildman–Crippen MR) is 85.5 cm³/mol. The molecule has 118 valence electrons. The third-order valence-electron chi connectivity index (χ3n) is 4.93. The van der Waals surface area contributed by atoms with E-state index in [-0.39, 0.29) is 11.9 Å². The molecule has 2 atom stereocenters. The molecule has 0 amide bonds. The third kappa shape index (κ3) is 2.70. The summed E-state index contributed by atoms with van der Waals surface area (Å²) < 4.78 is 11.7. The molecule has 2 unspecified atom stereocenters. The first-order valence-electron chi connectivity index (χ1n) is 8.18. The van der Waals surface area contributed by atoms with Gasteiger partial charge < -0.3 is 9.47 Å². The van der Waals surface area contributed by atoms with Crippen LogP contribution in [0.25, 0.3) is 0 Å². The number of benzene rings is 1.